The second-order valence-corrected chi connectivity index (χ2v) is 7.73. The minimum absolute atomic E-state index is 0.158. The third-order valence-corrected chi connectivity index (χ3v) is 5.41. The maximum Gasteiger partial charge on any atom is 0.416 e. The number of hydrogen-bond donors (Lipinski definition) is 1. The molecule has 1 atom stereocenters. The summed E-state index contributed by atoms with van der Waals surface area (Å²) < 4.78 is 56.7. The number of halogens is 3. The van der Waals surface area contributed by atoms with E-state index in [1.807, 2.05) is 0 Å². The van der Waals surface area contributed by atoms with Crippen LogP contribution in [0, 0.1) is 0 Å². The number of methoxy groups -OCH3 is 1. The molecular weight excluding hydrogens is 481 g/mol. The van der Waals surface area contributed by atoms with Crippen LogP contribution >= 0.6 is 0 Å². The molecule has 190 valence electrons. The normalized spacial score (nSPS) is 15.8. The lowest BCUT2D eigenvalue weighted by molar-refractivity contribution is -0.142. The van der Waals surface area contributed by atoms with Gasteiger partial charge in [0.05, 0.1) is 35.3 Å². The number of allylic oxidation sites excluding steroid dienone is 2. The summed E-state index contributed by atoms with van der Waals surface area (Å²) in [5.41, 5.74) is -1.02. The van der Waals surface area contributed by atoms with E-state index in [9.17, 15) is 27.6 Å². The van der Waals surface area contributed by atoms with Crippen LogP contribution in [0.5, 0.6) is 0 Å². The molecule has 0 saturated carbocycles. The molecule has 2 aromatic rings. The average Bonchev–Trinajstić information content (AvgIpc) is 2.85. The number of hydrogen-bond acceptors (Lipinski definition) is 8. The van der Waals surface area contributed by atoms with E-state index in [1.54, 1.807) is 6.07 Å². The number of alkyl halides is 3. The third kappa shape index (κ3) is 5.73. The van der Waals surface area contributed by atoms with Gasteiger partial charge in [-0.3, -0.25) is 4.98 Å². The Morgan fingerprint density at radius 3 is 2.11 bits per heavy atom. The summed E-state index contributed by atoms with van der Waals surface area (Å²) in [5.74, 6) is -3.97. The number of ether oxygens (including phenoxy) is 3. The molecule has 0 amide bonds. The number of nitrogens with one attached hydrogen (secondary N) is 1. The van der Waals surface area contributed by atoms with E-state index in [1.165, 1.54) is 50.5 Å². The van der Waals surface area contributed by atoms with E-state index in [-0.39, 0.29) is 46.9 Å². The lowest BCUT2D eigenvalue weighted by Gasteiger charge is -2.31. The second kappa shape index (κ2) is 11.1. The molecule has 3 rings (SSSR count). The molecule has 1 aromatic heterocycles. The van der Waals surface area contributed by atoms with Crippen LogP contribution in [-0.2, 0) is 30.0 Å². The Morgan fingerprint density at radius 2 is 1.53 bits per heavy atom. The van der Waals surface area contributed by atoms with Crippen molar-refractivity contribution in [1.29, 1.82) is 0 Å². The zero-order valence-electron chi connectivity index (χ0n) is 19.6. The first-order chi connectivity index (χ1) is 17.1. The monoisotopic (exact) mass is 504 g/mol. The van der Waals surface area contributed by atoms with Crippen molar-refractivity contribution in [3.8, 4) is 0 Å². The molecule has 1 aromatic carbocycles. The molecular formula is C25H23F3N2O6. The number of pyridine rings is 1. The molecule has 0 spiro atoms. The minimum Gasteiger partial charge on any atom is -0.466 e. The predicted octanol–water partition coefficient (Wildman–Crippen LogP) is 3.91. The van der Waals surface area contributed by atoms with Gasteiger partial charge < -0.3 is 19.5 Å². The molecule has 11 heteroatoms. The zero-order valence-corrected chi connectivity index (χ0v) is 19.6. The number of rotatable bonds is 7. The fourth-order valence-electron chi connectivity index (χ4n) is 3.88. The van der Waals surface area contributed by atoms with Gasteiger partial charge in [0.15, 0.2) is 0 Å². The number of dihydropyridines is 1. The van der Waals surface area contributed by atoms with Gasteiger partial charge in [0.2, 0.25) is 0 Å². The molecule has 0 bridgehead atoms. The molecule has 8 nitrogen and oxygen atoms in total. The van der Waals surface area contributed by atoms with E-state index in [2.05, 4.69) is 10.3 Å². The van der Waals surface area contributed by atoms with Crippen molar-refractivity contribution >= 4 is 17.9 Å². The SMILES string of the molecule is COC(=O)C1=C(C)NC(C)=C(C(=O)OCCOC(=O)c2cccnc2)C1c1ccccc1C(F)(F)F. The number of carbonyl (C=O) groups is 3. The lowest BCUT2D eigenvalue weighted by atomic mass is 9.78. The summed E-state index contributed by atoms with van der Waals surface area (Å²) in [6.45, 7) is 2.31. The predicted molar refractivity (Wildman–Crippen MR) is 120 cm³/mol. The second-order valence-electron chi connectivity index (χ2n) is 7.73. The highest BCUT2D eigenvalue weighted by molar-refractivity contribution is 6.00. The van der Waals surface area contributed by atoms with Gasteiger partial charge in [-0.25, -0.2) is 14.4 Å². The number of benzene rings is 1. The van der Waals surface area contributed by atoms with Gasteiger partial charge in [-0.05, 0) is 37.6 Å². The lowest BCUT2D eigenvalue weighted by Crippen LogP contribution is -2.33. The fraction of sp³-hybridized carbons (Fsp3) is 0.280. The molecule has 0 saturated heterocycles. The Balaban J connectivity index is 1.89. The Labute approximate surface area is 204 Å². The highest BCUT2D eigenvalue weighted by atomic mass is 19.4. The summed E-state index contributed by atoms with van der Waals surface area (Å²) >= 11 is 0. The quantitative estimate of drug-likeness (QED) is 0.344. The smallest absolute Gasteiger partial charge is 0.416 e. The highest BCUT2D eigenvalue weighted by Crippen LogP contribution is 2.44. The van der Waals surface area contributed by atoms with Crippen molar-refractivity contribution in [2.45, 2.75) is 25.9 Å². The molecule has 0 aliphatic carbocycles. The molecule has 2 heterocycles. The molecule has 1 aliphatic rings. The van der Waals surface area contributed by atoms with Crippen LogP contribution in [0.4, 0.5) is 13.2 Å². The molecule has 36 heavy (non-hydrogen) atoms. The minimum atomic E-state index is -4.75. The molecule has 0 fully saturated rings. The standard InChI is InChI=1S/C25H23F3N2O6/c1-14-19(23(32)34-3)21(17-8-4-5-9-18(17)25(26,27)28)20(15(2)30-14)24(33)36-12-11-35-22(31)16-7-6-10-29-13-16/h4-10,13,21,30H,11-12H2,1-3H3. The van der Waals surface area contributed by atoms with Crippen molar-refractivity contribution in [1.82, 2.24) is 10.3 Å². The Morgan fingerprint density at radius 1 is 0.917 bits per heavy atom. The Hall–Kier alpha value is -4.15. The van der Waals surface area contributed by atoms with Gasteiger partial charge in [0, 0.05) is 23.8 Å². The summed E-state index contributed by atoms with van der Waals surface area (Å²) in [6.07, 6.45) is -1.96. The van der Waals surface area contributed by atoms with E-state index < -0.39 is 35.6 Å². The van der Waals surface area contributed by atoms with Crippen LogP contribution in [0.2, 0.25) is 0 Å². The largest absolute Gasteiger partial charge is 0.466 e. The third-order valence-electron chi connectivity index (χ3n) is 5.41. The Kier molecular flexibility index (Phi) is 8.13. The summed E-state index contributed by atoms with van der Waals surface area (Å²) in [4.78, 5) is 41.6. The van der Waals surface area contributed by atoms with Crippen molar-refractivity contribution in [3.05, 3.63) is 88.0 Å². The number of nitrogens with zero attached hydrogens (tertiary/aromatic N) is 1. The van der Waals surface area contributed by atoms with Crippen LogP contribution < -0.4 is 5.32 Å². The topological polar surface area (TPSA) is 104 Å². The van der Waals surface area contributed by atoms with Crippen molar-refractivity contribution < 1.29 is 41.8 Å². The zero-order chi connectivity index (χ0) is 26.5. The van der Waals surface area contributed by atoms with Gasteiger partial charge in [-0.2, -0.15) is 13.2 Å². The van der Waals surface area contributed by atoms with Crippen LogP contribution in [-0.4, -0.2) is 43.2 Å². The maximum absolute atomic E-state index is 13.9. The number of esters is 3. The van der Waals surface area contributed by atoms with Crippen LogP contribution in [0.25, 0.3) is 0 Å². The first-order valence-corrected chi connectivity index (χ1v) is 10.7. The van der Waals surface area contributed by atoms with Crippen molar-refractivity contribution in [2.75, 3.05) is 20.3 Å². The van der Waals surface area contributed by atoms with Gasteiger partial charge in [-0.15, -0.1) is 0 Å². The summed E-state index contributed by atoms with van der Waals surface area (Å²) in [5, 5.41) is 2.85. The van der Waals surface area contributed by atoms with Crippen LogP contribution in [0.3, 0.4) is 0 Å². The molecule has 0 radical (unpaired) electrons. The van der Waals surface area contributed by atoms with Crippen molar-refractivity contribution in [3.63, 3.8) is 0 Å². The van der Waals surface area contributed by atoms with E-state index >= 15 is 0 Å². The number of carbonyl (C=O) groups excluding carboxylic acids is 3. The van der Waals surface area contributed by atoms with E-state index in [0.29, 0.717) is 0 Å². The van der Waals surface area contributed by atoms with Gasteiger partial charge in [0.1, 0.15) is 13.2 Å². The van der Waals surface area contributed by atoms with Gasteiger partial charge >= 0.3 is 24.1 Å². The Bertz CT molecular complexity index is 1220. The summed E-state index contributed by atoms with van der Waals surface area (Å²) in [6, 6.07) is 7.72. The van der Waals surface area contributed by atoms with Crippen molar-refractivity contribution in [2.24, 2.45) is 0 Å². The van der Waals surface area contributed by atoms with Gasteiger partial charge in [-0.1, -0.05) is 18.2 Å². The van der Waals surface area contributed by atoms with E-state index in [4.69, 9.17) is 14.2 Å². The van der Waals surface area contributed by atoms with E-state index in [0.717, 1.165) is 13.2 Å². The van der Waals surface area contributed by atoms with Crippen LogP contribution in [0.1, 0.15) is 41.3 Å². The fourth-order valence-corrected chi connectivity index (χ4v) is 3.88. The average molecular weight is 504 g/mol. The molecule has 1 unspecified atom stereocenters. The van der Waals surface area contributed by atoms with Gasteiger partial charge in [0.25, 0.3) is 0 Å². The molecule has 1 N–H and O–H groups in total. The number of aromatic nitrogens is 1. The maximum atomic E-state index is 13.9. The summed E-state index contributed by atoms with van der Waals surface area (Å²) in [7, 11) is 1.09. The van der Waals surface area contributed by atoms with Crippen LogP contribution in [0.15, 0.2) is 71.3 Å². The first-order valence-electron chi connectivity index (χ1n) is 10.7. The molecule has 1 aliphatic heterocycles. The highest BCUT2D eigenvalue weighted by Gasteiger charge is 2.43. The first kappa shape index (κ1) is 26.5.